The number of hydrogen-bond donors (Lipinski definition) is 1. The summed E-state index contributed by atoms with van der Waals surface area (Å²) in [6.45, 7) is 1.60. The normalized spacial score (nSPS) is 11.2. The number of ether oxygens (including phenoxy) is 1. The third-order valence-electron chi connectivity index (χ3n) is 3.57. The van der Waals surface area contributed by atoms with Gasteiger partial charge in [0.05, 0.1) is 6.10 Å². The highest BCUT2D eigenvalue weighted by Crippen LogP contribution is 2.20. The molecule has 0 amide bonds. The van der Waals surface area contributed by atoms with Gasteiger partial charge < -0.3 is 9.84 Å². The number of thioether (sulfide) groups is 2. The zero-order valence-electron chi connectivity index (χ0n) is 16.4. The van der Waals surface area contributed by atoms with E-state index in [1.165, 1.54) is 9.79 Å². The molecule has 0 bridgehead atoms. The Hall–Kier alpha value is -1.76. The highest BCUT2D eigenvalue weighted by atomic mass is 32.2. The lowest BCUT2D eigenvalue weighted by Crippen LogP contribution is -2.17. The lowest BCUT2D eigenvalue weighted by Gasteiger charge is -2.12. The van der Waals surface area contributed by atoms with Gasteiger partial charge >= 0.3 is 5.97 Å². The summed E-state index contributed by atoms with van der Waals surface area (Å²) >= 11 is 3.42. The number of Topliss-reactive ketones (excluding diaryl/α,β-unsaturated/α-hetero) is 1. The first kappa shape index (κ1) is 24.3. The Labute approximate surface area is 176 Å². The third kappa shape index (κ3) is 12.6. The minimum Gasteiger partial charge on any atom is -0.481 e. The van der Waals surface area contributed by atoms with Crippen LogP contribution >= 0.6 is 23.5 Å². The fourth-order valence-corrected chi connectivity index (χ4v) is 4.02. The van der Waals surface area contributed by atoms with Crippen molar-refractivity contribution in [2.24, 2.45) is 0 Å². The Kier molecular flexibility index (Phi) is 13.2. The molecule has 152 valence electrons. The first-order valence-corrected chi connectivity index (χ1v) is 11.1. The molecule has 28 heavy (non-hydrogen) atoms. The molecule has 4 nitrogen and oxygen atoms in total. The first-order valence-electron chi connectivity index (χ1n) is 9.11. The summed E-state index contributed by atoms with van der Waals surface area (Å²) in [5, 5.41) is 8.40. The lowest BCUT2D eigenvalue weighted by molar-refractivity contribution is -0.137. The summed E-state index contributed by atoms with van der Waals surface area (Å²) in [7, 11) is 1.65. The lowest BCUT2D eigenvalue weighted by atomic mass is 10.2. The number of aliphatic carboxylic acids is 1. The van der Waals surface area contributed by atoms with Gasteiger partial charge in [-0.15, -0.1) is 23.5 Å². The molecule has 0 heterocycles. The van der Waals surface area contributed by atoms with E-state index in [9.17, 15) is 9.59 Å². The van der Waals surface area contributed by atoms with Crippen molar-refractivity contribution in [2.45, 2.75) is 42.1 Å². The number of ketones is 1. The molecule has 0 fully saturated rings. The molecule has 0 radical (unpaired) electrons. The van der Waals surface area contributed by atoms with Gasteiger partial charge in [0, 0.05) is 35.5 Å². The SMILES string of the molecule is COC(CSc1ccccc1)CC(C)=O.O=C(O)CCCSc1ccccc1. The largest absolute Gasteiger partial charge is 0.481 e. The van der Waals surface area contributed by atoms with Crippen molar-refractivity contribution in [1.29, 1.82) is 0 Å². The quantitative estimate of drug-likeness (QED) is 0.387. The second kappa shape index (κ2) is 15.2. The summed E-state index contributed by atoms with van der Waals surface area (Å²) < 4.78 is 5.24. The number of rotatable bonds is 11. The molecule has 6 heteroatoms. The fourth-order valence-electron chi connectivity index (χ4n) is 2.17. The standard InChI is InChI=1S/C12H16O2S.C10H12O2S/c1-10(13)8-11(14-2)9-15-12-6-4-3-5-7-12;11-10(12)7-4-8-13-9-5-2-1-3-6-9/h3-7,11H,8-9H2,1-2H3;1-3,5-6H,4,7-8H2,(H,11,12). The molecule has 0 aromatic heterocycles. The van der Waals surface area contributed by atoms with Crippen molar-refractivity contribution < 1.29 is 19.4 Å². The van der Waals surface area contributed by atoms with Crippen LogP contribution in [0.5, 0.6) is 0 Å². The van der Waals surface area contributed by atoms with Crippen LogP contribution in [0.25, 0.3) is 0 Å². The summed E-state index contributed by atoms with van der Waals surface area (Å²) in [6.07, 6.45) is 1.51. The molecule has 0 aliphatic heterocycles. The van der Waals surface area contributed by atoms with Gasteiger partial charge in [0.1, 0.15) is 5.78 Å². The molecule has 0 aliphatic rings. The van der Waals surface area contributed by atoms with E-state index in [1.807, 2.05) is 48.5 Å². The van der Waals surface area contributed by atoms with Crippen LogP contribution in [0.3, 0.4) is 0 Å². The molecule has 1 N–H and O–H groups in total. The minimum atomic E-state index is -0.714. The molecule has 2 aromatic carbocycles. The van der Waals surface area contributed by atoms with Crippen LogP contribution in [0.2, 0.25) is 0 Å². The molecule has 0 aliphatic carbocycles. The van der Waals surface area contributed by atoms with E-state index in [0.717, 1.165) is 17.9 Å². The smallest absolute Gasteiger partial charge is 0.303 e. The predicted molar refractivity (Wildman–Crippen MR) is 117 cm³/mol. The Morgan fingerprint density at radius 2 is 1.50 bits per heavy atom. The Morgan fingerprint density at radius 1 is 0.964 bits per heavy atom. The van der Waals surface area contributed by atoms with Gasteiger partial charge in [0.2, 0.25) is 0 Å². The maximum absolute atomic E-state index is 10.9. The van der Waals surface area contributed by atoms with E-state index in [1.54, 1.807) is 37.6 Å². The number of carbonyl (C=O) groups excluding carboxylic acids is 1. The molecule has 1 atom stereocenters. The number of carbonyl (C=O) groups is 2. The zero-order chi connectivity index (χ0) is 20.6. The van der Waals surface area contributed by atoms with Gasteiger partial charge in [0.25, 0.3) is 0 Å². The Bertz CT molecular complexity index is 677. The summed E-state index contributed by atoms with van der Waals surface area (Å²) in [4.78, 5) is 23.5. The van der Waals surface area contributed by atoms with Crippen LogP contribution < -0.4 is 0 Å². The monoisotopic (exact) mass is 420 g/mol. The van der Waals surface area contributed by atoms with Crippen LogP contribution in [-0.4, -0.2) is 41.6 Å². The summed E-state index contributed by atoms with van der Waals surface area (Å²) in [5.74, 6) is 1.15. The topological polar surface area (TPSA) is 63.6 Å². The van der Waals surface area contributed by atoms with E-state index >= 15 is 0 Å². The number of carboxylic acids is 1. The number of methoxy groups -OCH3 is 1. The molecule has 0 saturated carbocycles. The summed E-state index contributed by atoms with van der Waals surface area (Å²) in [5.41, 5.74) is 0. The van der Waals surface area contributed by atoms with Crippen LogP contribution in [0.4, 0.5) is 0 Å². The molecule has 2 aromatic rings. The summed E-state index contributed by atoms with van der Waals surface area (Å²) in [6, 6.07) is 20.1. The fraction of sp³-hybridized carbons (Fsp3) is 0.364. The van der Waals surface area contributed by atoms with Gasteiger partial charge in [-0.1, -0.05) is 36.4 Å². The minimum absolute atomic E-state index is 0.0210. The number of benzene rings is 2. The van der Waals surface area contributed by atoms with Gasteiger partial charge in [-0.3, -0.25) is 9.59 Å². The van der Waals surface area contributed by atoms with Crippen LogP contribution in [-0.2, 0) is 14.3 Å². The van der Waals surface area contributed by atoms with Gasteiger partial charge in [-0.2, -0.15) is 0 Å². The van der Waals surface area contributed by atoms with Crippen molar-refractivity contribution in [2.75, 3.05) is 18.6 Å². The van der Waals surface area contributed by atoms with Crippen molar-refractivity contribution in [3.63, 3.8) is 0 Å². The van der Waals surface area contributed by atoms with E-state index in [0.29, 0.717) is 6.42 Å². The van der Waals surface area contributed by atoms with Gasteiger partial charge in [0.15, 0.2) is 0 Å². The molecule has 2 rings (SSSR count). The Balaban J connectivity index is 0.000000283. The van der Waals surface area contributed by atoms with E-state index < -0.39 is 5.97 Å². The van der Waals surface area contributed by atoms with Crippen molar-refractivity contribution in [1.82, 2.24) is 0 Å². The van der Waals surface area contributed by atoms with Crippen LogP contribution in [0.1, 0.15) is 26.2 Å². The van der Waals surface area contributed by atoms with Crippen LogP contribution in [0, 0.1) is 0 Å². The Morgan fingerprint density at radius 3 is 1.96 bits per heavy atom. The average Bonchev–Trinajstić information content (AvgIpc) is 2.70. The molecular weight excluding hydrogens is 392 g/mol. The molecule has 1 unspecified atom stereocenters. The highest BCUT2D eigenvalue weighted by molar-refractivity contribution is 7.99. The van der Waals surface area contributed by atoms with E-state index in [-0.39, 0.29) is 18.3 Å². The molecule has 0 spiro atoms. The number of carboxylic acid groups (broad SMARTS) is 1. The zero-order valence-corrected chi connectivity index (χ0v) is 18.0. The maximum atomic E-state index is 10.9. The highest BCUT2D eigenvalue weighted by Gasteiger charge is 2.10. The van der Waals surface area contributed by atoms with Crippen molar-refractivity contribution in [3.8, 4) is 0 Å². The average molecular weight is 421 g/mol. The third-order valence-corrected chi connectivity index (χ3v) is 5.82. The van der Waals surface area contributed by atoms with E-state index in [4.69, 9.17) is 9.84 Å². The van der Waals surface area contributed by atoms with Gasteiger partial charge in [-0.25, -0.2) is 0 Å². The van der Waals surface area contributed by atoms with Crippen molar-refractivity contribution >= 4 is 35.3 Å². The molecule has 0 saturated heterocycles. The van der Waals surface area contributed by atoms with Crippen LogP contribution in [0.15, 0.2) is 70.5 Å². The second-order valence-electron chi connectivity index (χ2n) is 6.05. The molecular formula is C22H28O4S2. The second-order valence-corrected chi connectivity index (χ2v) is 8.31. The van der Waals surface area contributed by atoms with Gasteiger partial charge in [-0.05, 0) is 43.4 Å². The maximum Gasteiger partial charge on any atom is 0.303 e. The van der Waals surface area contributed by atoms with E-state index in [2.05, 4.69) is 12.1 Å². The number of hydrogen-bond acceptors (Lipinski definition) is 5. The predicted octanol–water partition coefficient (Wildman–Crippen LogP) is 5.42. The first-order chi connectivity index (χ1) is 13.5. The van der Waals surface area contributed by atoms with Crippen molar-refractivity contribution in [3.05, 3.63) is 60.7 Å².